The summed E-state index contributed by atoms with van der Waals surface area (Å²) in [6.45, 7) is 2.01. The largest absolute Gasteiger partial charge is 0.481 e. The number of amides is 1. The molecule has 0 radical (unpaired) electrons. The molecule has 4 atom stereocenters. The number of carboxylic acids is 1. The van der Waals surface area contributed by atoms with Gasteiger partial charge in [0.1, 0.15) is 5.82 Å². The molecular formula is C28H33N3O5. The van der Waals surface area contributed by atoms with E-state index in [1.807, 2.05) is 49.4 Å². The van der Waals surface area contributed by atoms with Crippen molar-refractivity contribution in [1.29, 1.82) is 0 Å². The van der Waals surface area contributed by atoms with Crippen molar-refractivity contribution in [1.82, 2.24) is 9.55 Å². The van der Waals surface area contributed by atoms with Gasteiger partial charge in [0, 0.05) is 24.1 Å². The SMILES string of the molecule is COC(=O)N1c2ccc3c(nc(C[C@@H](O)c4ccccc4)n3[C@@H]3CCC[C@@H](C(=O)O)C3)c2CC[C@@H]1C. The van der Waals surface area contributed by atoms with E-state index in [0.29, 0.717) is 19.3 Å². The first-order valence-electron chi connectivity index (χ1n) is 12.7. The predicted octanol–water partition coefficient (Wildman–Crippen LogP) is 5.04. The number of hydrogen-bond acceptors (Lipinski definition) is 5. The van der Waals surface area contributed by atoms with E-state index in [1.165, 1.54) is 7.11 Å². The van der Waals surface area contributed by atoms with E-state index in [0.717, 1.165) is 59.4 Å². The lowest BCUT2D eigenvalue weighted by molar-refractivity contribution is -0.143. The molecule has 2 aromatic carbocycles. The van der Waals surface area contributed by atoms with Gasteiger partial charge in [-0.25, -0.2) is 9.78 Å². The molecule has 1 aliphatic carbocycles. The van der Waals surface area contributed by atoms with Crippen molar-refractivity contribution in [2.45, 2.75) is 70.1 Å². The van der Waals surface area contributed by atoms with Gasteiger partial charge in [-0.15, -0.1) is 0 Å². The van der Waals surface area contributed by atoms with Crippen LogP contribution in [0.15, 0.2) is 42.5 Å². The third kappa shape index (κ3) is 4.34. The van der Waals surface area contributed by atoms with Crippen molar-refractivity contribution in [3.8, 4) is 0 Å². The Morgan fingerprint density at radius 1 is 1.14 bits per heavy atom. The number of rotatable bonds is 5. The minimum Gasteiger partial charge on any atom is -0.481 e. The number of hydrogen-bond donors (Lipinski definition) is 2. The summed E-state index contributed by atoms with van der Waals surface area (Å²) in [5, 5.41) is 20.8. The number of fused-ring (bicyclic) bond motifs is 3. The summed E-state index contributed by atoms with van der Waals surface area (Å²) in [5.74, 6) is -0.398. The van der Waals surface area contributed by atoms with Crippen LogP contribution in [0.4, 0.5) is 10.5 Å². The molecule has 8 heteroatoms. The summed E-state index contributed by atoms with van der Waals surface area (Å²) in [6, 6.07) is 13.5. The third-order valence-electron chi connectivity index (χ3n) is 7.82. The van der Waals surface area contributed by atoms with Crippen LogP contribution in [0.3, 0.4) is 0 Å². The molecule has 36 heavy (non-hydrogen) atoms. The highest BCUT2D eigenvalue weighted by atomic mass is 16.5. The number of carbonyl (C=O) groups is 2. The van der Waals surface area contributed by atoms with Gasteiger partial charge in [0.05, 0.1) is 35.9 Å². The summed E-state index contributed by atoms with van der Waals surface area (Å²) in [7, 11) is 1.39. The third-order valence-corrected chi connectivity index (χ3v) is 7.82. The van der Waals surface area contributed by atoms with Crippen LogP contribution in [0.2, 0.25) is 0 Å². The van der Waals surface area contributed by atoms with Crippen LogP contribution in [0.25, 0.3) is 11.0 Å². The number of anilines is 1. The molecule has 1 saturated carbocycles. The summed E-state index contributed by atoms with van der Waals surface area (Å²) >= 11 is 0. The maximum Gasteiger partial charge on any atom is 0.414 e. The highest BCUT2D eigenvalue weighted by Gasteiger charge is 2.34. The number of carboxylic acid groups (broad SMARTS) is 1. The van der Waals surface area contributed by atoms with Gasteiger partial charge in [0.2, 0.25) is 0 Å². The van der Waals surface area contributed by atoms with Crippen molar-refractivity contribution in [2.75, 3.05) is 12.0 Å². The lowest BCUT2D eigenvalue weighted by Crippen LogP contribution is -2.42. The molecule has 2 aliphatic rings. The van der Waals surface area contributed by atoms with Gasteiger partial charge in [0.15, 0.2) is 0 Å². The first kappa shape index (κ1) is 24.3. The van der Waals surface area contributed by atoms with Crippen molar-refractivity contribution >= 4 is 28.8 Å². The normalized spacial score (nSPS) is 22.8. The fraction of sp³-hybridized carbons (Fsp3) is 0.464. The van der Waals surface area contributed by atoms with Crippen molar-refractivity contribution < 1.29 is 24.5 Å². The summed E-state index contributed by atoms with van der Waals surface area (Å²) < 4.78 is 7.23. The molecule has 1 aromatic heterocycles. The zero-order valence-corrected chi connectivity index (χ0v) is 20.8. The Bertz CT molecular complexity index is 1270. The Hall–Kier alpha value is -3.39. The fourth-order valence-electron chi connectivity index (χ4n) is 5.96. The van der Waals surface area contributed by atoms with Crippen molar-refractivity contribution in [3.63, 3.8) is 0 Å². The van der Waals surface area contributed by atoms with Crippen LogP contribution in [0.1, 0.15) is 68.1 Å². The zero-order valence-electron chi connectivity index (χ0n) is 20.8. The number of aliphatic hydroxyl groups is 1. The molecule has 5 rings (SSSR count). The van der Waals surface area contributed by atoms with Crippen LogP contribution in [-0.2, 0) is 22.4 Å². The van der Waals surface area contributed by atoms with Gasteiger partial charge in [-0.2, -0.15) is 0 Å². The molecule has 3 aromatic rings. The van der Waals surface area contributed by atoms with E-state index in [1.54, 1.807) is 4.90 Å². The van der Waals surface area contributed by atoms with Crippen LogP contribution in [-0.4, -0.2) is 45.0 Å². The molecular weight excluding hydrogens is 458 g/mol. The molecule has 0 spiro atoms. The Kier molecular flexibility index (Phi) is 6.71. The number of ether oxygens (including phenoxy) is 1. The quantitative estimate of drug-likeness (QED) is 0.518. The number of aliphatic hydroxyl groups excluding tert-OH is 1. The van der Waals surface area contributed by atoms with E-state index in [2.05, 4.69) is 4.57 Å². The highest BCUT2D eigenvalue weighted by molar-refractivity contribution is 5.95. The molecule has 2 N–H and O–H groups in total. The highest BCUT2D eigenvalue weighted by Crippen LogP contribution is 2.41. The van der Waals surface area contributed by atoms with E-state index < -0.39 is 18.2 Å². The number of aromatic nitrogens is 2. The van der Waals surface area contributed by atoms with E-state index >= 15 is 0 Å². The standard InChI is InChI=1S/C28H33N3O5/c1-17-11-12-21-22(30(17)28(35)36-2)13-14-23-26(21)29-25(16-24(32)18-7-4-3-5-8-18)31(23)20-10-6-9-19(15-20)27(33)34/h3-5,7-8,13-14,17,19-20,24,32H,6,9-12,15-16H2,1-2H3,(H,33,34)/t17-,19+,20+,24+/m0/s1. The lowest BCUT2D eigenvalue weighted by atomic mass is 9.85. The Morgan fingerprint density at radius 3 is 2.64 bits per heavy atom. The van der Waals surface area contributed by atoms with Gasteiger partial charge in [-0.05, 0) is 56.7 Å². The number of aliphatic carboxylic acids is 1. The first-order valence-corrected chi connectivity index (χ1v) is 12.7. The number of imidazole rings is 1. The number of aryl methyl sites for hydroxylation is 1. The van der Waals surface area contributed by atoms with E-state index in [-0.39, 0.29) is 18.0 Å². The van der Waals surface area contributed by atoms with Crippen molar-refractivity contribution in [3.05, 3.63) is 59.4 Å². The summed E-state index contributed by atoms with van der Waals surface area (Å²) in [4.78, 5) is 31.2. The topological polar surface area (TPSA) is 105 Å². The molecule has 1 amide bonds. The Labute approximate surface area is 210 Å². The van der Waals surface area contributed by atoms with Crippen LogP contribution in [0, 0.1) is 5.92 Å². The monoisotopic (exact) mass is 491 g/mol. The molecule has 0 unspecified atom stereocenters. The Balaban J connectivity index is 1.63. The first-order chi connectivity index (χ1) is 17.4. The number of methoxy groups -OCH3 is 1. The van der Waals surface area contributed by atoms with E-state index in [4.69, 9.17) is 9.72 Å². The second-order valence-corrected chi connectivity index (χ2v) is 10.0. The minimum atomic E-state index is -0.755. The number of benzene rings is 2. The van der Waals surface area contributed by atoms with Gasteiger partial charge < -0.3 is 19.5 Å². The molecule has 1 aliphatic heterocycles. The van der Waals surface area contributed by atoms with Gasteiger partial charge >= 0.3 is 12.1 Å². The average Bonchev–Trinajstić information content (AvgIpc) is 3.26. The van der Waals surface area contributed by atoms with Crippen LogP contribution in [0.5, 0.6) is 0 Å². The molecule has 0 bridgehead atoms. The number of nitrogens with zero attached hydrogens (tertiary/aromatic N) is 3. The average molecular weight is 492 g/mol. The van der Waals surface area contributed by atoms with Crippen LogP contribution >= 0.6 is 0 Å². The molecule has 0 saturated heterocycles. The minimum absolute atomic E-state index is 0.0125. The zero-order chi connectivity index (χ0) is 25.4. The molecule has 1 fully saturated rings. The lowest BCUT2D eigenvalue weighted by Gasteiger charge is -2.34. The Morgan fingerprint density at radius 2 is 1.92 bits per heavy atom. The van der Waals surface area contributed by atoms with E-state index in [9.17, 15) is 19.8 Å². The van der Waals surface area contributed by atoms with Crippen molar-refractivity contribution in [2.24, 2.45) is 5.92 Å². The molecule has 190 valence electrons. The maximum absolute atomic E-state index is 12.6. The van der Waals surface area contributed by atoms with Gasteiger partial charge in [-0.3, -0.25) is 9.69 Å². The molecule has 8 nitrogen and oxygen atoms in total. The second-order valence-electron chi connectivity index (χ2n) is 10.0. The second kappa shape index (κ2) is 9.93. The van der Waals surface area contributed by atoms with Gasteiger partial charge in [0.25, 0.3) is 0 Å². The number of carbonyl (C=O) groups excluding carboxylic acids is 1. The fourth-order valence-corrected chi connectivity index (χ4v) is 5.96. The molecule has 2 heterocycles. The maximum atomic E-state index is 12.6. The predicted molar refractivity (Wildman–Crippen MR) is 136 cm³/mol. The smallest absolute Gasteiger partial charge is 0.414 e. The van der Waals surface area contributed by atoms with Crippen LogP contribution < -0.4 is 4.90 Å². The summed E-state index contributed by atoms with van der Waals surface area (Å²) in [5.41, 5.74) is 4.37. The van der Waals surface area contributed by atoms with Gasteiger partial charge in [-0.1, -0.05) is 36.8 Å². The summed E-state index contributed by atoms with van der Waals surface area (Å²) in [6.07, 6.45) is 3.69.